The molecule has 0 fully saturated rings. The maximum atomic E-state index is 4.74. The zero-order valence-electron chi connectivity index (χ0n) is 11.5. The molecule has 0 spiro atoms. The van der Waals surface area contributed by atoms with E-state index in [1.807, 2.05) is 19.4 Å². The van der Waals surface area contributed by atoms with E-state index in [4.69, 9.17) is 4.98 Å². The second kappa shape index (κ2) is 4.99. The third-order valence-electron chi connectivity index (χ3n) is 3.49. The van der Waals surface area contributed by atoms with E-state index in [1.54, 1.807) is 4.68 Å². The molecule has 0 unspecified atom stereocenters. The monoisotopic (exact) mass is 257 g/mol. The fourth-order valence-corrected chi connectivity index (χ4v) is 2.57. The molecule has 2 heterocycles. The van der Waals surface area contributed by atoms with Crippen molar-refractivity contribution in [1.29, 1.82) is 0 Å². The van der Waals surface area contributed by atoms with Crippen molar-refractivity contribution < 1.29 is 0 Å². The number of hydrogen-bond donors (Lipinski definition) is 1. The summed E-state index contributed by atoms with van der Waals surface area (Å²) in [6.45, 7) is 2.98. The lowest BCUT2D eigenvalue weighted by Gasteiger charge is -2.19. The zero-order valence-corrected chi connectivity index (χ0v) is 11.5. The number of rotatable bonds is 3. The van der Waals surface area contributed by atoms with E-state index in [-0.39, 0.29) is 0 Å². The largest absolute Gasteiger partial charge is 0.370 e. The van der Waals surface area contributed by atoms with Crippen LogP contribution in [0.25, 0.3) is 11.4 Å². The molecule has 0 atom stereocenters. The predicted octanol–water partition coefficient (Wildman–Crippen LogP) is 2.19. The first-order chi connectivity index (χ1) is 9.28. The standard InChI is InChI=1S/C14H19N5/c1-3-15-14-11-6-4-5-7-12(11)17-13(18-14)10-8-16-19(2)9-10/h8-9H,3-7H2,1-2H3,(H,15,17,18). The van der Waals surface area contributed by atoms with Gasteiger partial charge in [-0.2, -0.15) is 5.10 Å². The summed E-state index contributed by atoms with van der Waals surface area (Å²) in [5.41, 5.74) is 3.49. The van der Waals surface area contributed by atoms with Crippen molar-refractivity contribution in [2.24, 2.45) is 7.05 Å². The molecule has 0 bridgehead atoms. The number of aryl methyl sites for hydroxylation is 2. The Morgan fingerprint density at radius 2 is 2.11 bits per heavy atom. The maximum Gasteiger partial charge on any atom is 0.164 e. The van der Waals surface area contributed by atoms with Crippen LogP contribution in [0.4, 0.5) is 5.82 Å². The number of nitrogens with one attached hydrogen (secondary N) is 1. The van der Waals surface area contributed by atoms with Gasteiger partial charge in [-0.3, -0.25) is 4.68 Å². The fourth-order valence-electron chi connectivity index (χ4n) is 2.57. The van der Waals surface area contributed by atoms with E-state index in [1.165, 1.54) is 24.1 Å². The van der Waals surface area contributed by atoms with Gasteiger partial charge in [0.15, 0.2) is 5.82 Å². The molecule has 2 aromatic rings. The van der Waals surface area contributed by atoms with Gasteiger partial charge in [-0.05, 0) is 32.6 Å². The molecule has 0 saturated heterocycles. The second-order valence-corrected chi connectivity index (χ2v) is 4.96. The lowest BCUT2D eigenvalue weighted by Crippen LogP contribution is -2.13. The average molecular weight is 257 g/mol. The smallest absolute Gasteiger partial charge is 0.164 e. The van der Waals surface area contributed by atoms with Crippen molar-refractivity contribution in [2.45, 2.75) is 32.6 Å². The van der Waals surface area contributed by atoms with E-state index in [0.717, 1.165) is 36.6 Å². The Morgan fingerprint density at radius 1 is 1.26 bits per heavy atom. The fraction of sp³-hybridized carbons (Fsp3) is 0.500. The Balaban J connectivity index is 2.08. The maximum absolute atomic E-state index is 4.74. The molecule has 19 heavy (non-hydrogen) atoms. The van der Waals surface area contributed by atoms with Crippen LogP contribution >= 0.6 is 0 Å². The van der Waals surface area contributed by atoms with Gasteiger partial charge in [0.2, 0.25) is 0 Å². The highest BCUT2D eigenvalue weighted by Gasteiger charge is 2.18. The van der Waals surface area contributed by atoms with Gasteiger partial charge in [-0.1, -0.05) is 0 Å². The summed E-state index contributed by atoms with van der Waals surface area (Å²) in [5.74, 6) is 1.79. The Kier molecular flexibility index (Phi) is 3.19. The van der Waals surface area contributed by atoms with Crippen LogP contribution < -0.4 is 5.32 Å². The first-order valence-electron chi connectivity index (χ1n) is 6.90. The van der Waals surface area contributed by atoms with Gasteiger partial charge in [0.25, 0.3) is 0 Å². The van der Waals surface area contributed by atoms with E-state index in [2.05, 4.69) is 22.3 Å². The molecule has 0 aromatic carbocycles. The minimum atomic E-state index is 0.782. The highest BCUT2D eigenvalue weighted by atomic mass is 15.2. The first-order valence-corrected chi connectivity index (χ1v) is 6.90. The molecule has 5 nitrogen and oxygen atoms in total. The predicted molar refractivity (Wildman–Crippen MR) is 75.0 cm³/mol. The minimum absolute atomic E-state index is 0.782. The topological polar surface area (TPSA) is 55.6 Å². The molecule has 3 rings (SSSR count). The van der Waals surface area contributed by atoms with Gasteiger partial charge in [-0.25, -0.2) is 9.97 Å². The Bertz CT molecular complexity index is 588. The molecule has 0 saturated carbocycles. The van der Waals surface area contributed by atoms with Crippen molar-refractivity contribution in [2.75, 3.05) is 11.9 Å². The molecule has 0 amide bonds. The Labute approximate surface area is 113 Å². The zero-order chi connectivity index (χ0) is 13.2. The summed E-state index contributed by atoms with van der Waals surface area (Å²) in [7, 11) is 1.91. The van der Waals surface area contributed by atoms with Crippen molar-refractivity contribution in [3.05, 3.63) is 23.7 Å². The normalized spacial score (nSPS) is 14.2. The highest BCUT2D eigenvalue weighted by molar-refractivity contribution is 5.59. The number of nitrogens with zero attached hydrogens (tertiary/aromatic N) is 4. The highest BCUT2D eigenvalue weighted by Crippen LogP contribution is 2.28. The van der Waals surface area contributed by atoms with Crippen LogP contribution in [0, 0.1) is 0 Å². The van der Waals surface area contributed by atoms with Gasteiger partial charge in [0.05, 0.1) is 11.8 Å². The van der Waals surface area contributed by atoms with Gasteiger partial charge < -0.3 is 5.32 Å². The number of hydrogen-bond acceptors (Lipinski definition) is 4. The van der Waals surface area contributed by atoms with Gasteiger partial charge in [0, 0.05) is 31.0 Å². The van der Waals surface area contributed by atoms with E-state index < -0.39 is 0 Å². The average Bonchev–Trinajstić information content (AvgIpc) is 2.86. The number of anilines is 1. The second-order valence-electron chi connectivity index (χ2n) is 4.96. The molecule has 5 heteroatoms. The lowest BCUT2D eigenvalue weighted by atomic mass is 9.96. The van der Waals surface area contributed by atoms with E-state index in [9.17, 15) is 0 Å². The SMILES string of the molecule is CCNc1nc(-c2cnn(C)c2)nc2c1CCCC2. The minimum Gasteiger partial charge on any atom is -0.370 e. The van der Waals surface area contributed by atoms with Crippen molar-refractivity contribution in [1.82, 2.24) is 19.7 Å². The summed E-state index contributed by atoms with van der Waals surface area (Å²) in [6.07, 6.45) is 8.39. The Morgan fingerprint density at radius 3 is 2.84 bits per heavy atom. The molecule has 0 aliphatic heterocycles. The van der Waals surface area contributed by atoms with E-state index in [0.29, 0.717) is 0 Å². The van der Waals surface area contributed by atoms with Crippen LogP contribution in [0.3, 0.4) is 0 Å². The van der Waals surface area contributed by atoms with Gasteiger partial charge in [-0.15, -0.1) is 0 Å². The van der Waals surface area contributed by atoms with E-state index >= 15 is 0 Å². The summed E-state index contributed by atoms with van der Waals surface area (Å²) < 4.78 is 1.78. The molecule has 0 radical (unpaired) electrons. The van der Waals surface area contributed by atoms with Crippen LogP contribution in [0.15, 0.2) is 12.4 Å². The number of fused-ring (bicyclic) bond motifs is 1. The summed E-state index contributed by atoms with van der Waals surface area (Å²) in [4.78, 5) is 9.42. The van der Waals surface area contributed by atoms with Gasteiger partial charge >= 0.3 is 0 Å². The quantitative estimate of drug-likeness (QED) is 0.915. The molecular weight excluding hydrogens is 238 g/mol. The van der Waals surface area contributed by atoms with Crippen molar-refractivity contribution in [3.63, 3.8) is 0 Å². The van der Waals surface area contributed by atoms with Crippen LogP contribution in [-0.4, -0.2) is 26.3 Å². The number of aromatic nitrogens is 4. The van der Waals surface area contributed by atoms with Crippen LogP contribution in [0.2, 0.25) is 0 Å². The molecule has 2 aromatic heterocycles. The molecular formula is C14H19N5. The van der Waals surface area contributed by atoms with Gasteiger partial charge in [0.1, 0.15) is 5.82 Å². The molecule has 1 aliphatic rings. The van der Waals surface area contributed by atoms with Crippen LogP contribution in [0.1, 0.15) is 31.0 Å². The van der Waals surface area contributed by atoms with Crippen LogP contribution in [0.5, 0.6) is 0 Å². The van der Waals surface area contributed by atoms with Crippen molar-refractivity contribution in [3.8, 4) is 11.4 Å². The third-order valence-corrected chi connectivity index (χ3v) is 3.49. The molecule has 1 aliphatic carbocycles. The van der Waals surface area contributed by atoms with Crippen LogP contribution in [-0.2, 0) is 19.9 Å². The first kappa shape index (κ1) is 12.1. The summed E-state index contributed by atoms with van der Waals surface area (Å²) in [5, 5.41) is 7.57. The molecule has 1 N–H and O–H groups in total. The Hall–Kier alpha value is -1.91. The lowest BCUT2D eigenvalue weighted by molar-refractivity contribution is 0.664. The van der Waals surface area contributed by atoms with Crippen molar-refractivity contribution >= 4 is 5.82 Å². The summed E-state index contributed by atoms with van der Waals surface area (Å²) >= 11 is 0. The molecule has 100 valence electrons. The third kappa shape index (κ3) is 2.32. The summed E-state index contributed by atoms with van der Waals surface area (Å²) in [6, 6.07) is 0.